The predicted octanol–water partition coefficient (Wildman–Crippen LogP) is 14.9. The molecule has 13 rings (SSSR count). The van der Waals surface area contributed by atoms with E-state index < -0.39 is 5.41 Å². The van der Waals surface area contributed by atoms with Crippen LogP contribution in [-0.2, 0) is 5.41 Å². The minimum atomic E-state index is -0.572. The van der Waals surface area contributed by atoms with Crippen LogP contribution < -0.4 is 4.90 Å². The Kier molecular flexibility index (Phi) is 6.13. The van der Waals surface area contributed by atoms with Crippen molar-refractivity contribution in [1.82, 2.24) is 0 Å². The van der Waals surface area contributed by atoms with Crippen LogP contribution in [0.2, 0.25) is 0 Å². The highest BCUT2D eigenvalue weighted by molar-refractivity contribution is 6.24. The maximum atomic E-state index is 6.53. The number of fused-ring (bicyclic) bond motifs is 20. The summed E-state index contributed by atoms with van der Waals surface area (Å²) in [6.07, 6.45) is 0. The zero-order valence-corrected chi connectivity index (χ0v) is 30.9. The van der Waals surface area contributed by atoms with Crippen molar-refractivity contribution in [1.29, 1.82) is 0 Å². The van der Waals surface area contributed by atoms with Crippen LogP contribution in [0.4, 0.5) is 17.1 Å². The lowest BCUT2D eigenvalue weighted by Crippen LogP contribution is -2.26. The summed E-state index contributed by atoms with van der Waals surface area (Å²) in [5, 5.41) is 9.82. The van der Waals surface area contributed by atoms with E-state index in [0.29, 0.717) is 0 Å². The molecule has 1 spiro atoms. The third-order valence-electron chi connectivity index (χ3n) is 12.8. The van der Waals surface area contributed by atoms with Crippen molar-refractivity contribution in [3.05, 3.63) is 222 Å². The summed E-state index contributed by atoms with van der Waals surface area (Å²) in [7, 11) is 0. The fourth-order valence-corrected chi connectivity index (χ4v) is 10.8. The van der Waals surface area contributed by atoms with Gasteiger partial charge >= 0.3 is 0 Å². The van der Waals surface area contributed by atoms with Gasteiger partial charge in [-0.3, -0.25) is 0 Å². The third-order valence-corrected chi connectivity index (χ3v) is 12.8. The second-order valence-electron chi connectivity index (χ2n) is 15.5. The van der Waals surface area contributed by atoms with Gasteiger partial charge in [0, 0.05) is 16.5 Å². The number of benzene rings is 10. The van der Waals surface area contributed by atoms with E-state index in [1.807, 2.05) is 0 Å². The molecular formula is C55H33NO. The molecule has 1 heterocycles. The fraction of sp³-hybridized carbons (Fsp3) is 0.0182. The zero-order valence-electron chi connectivity index (χ0n) is 30.9. The molecule has 264 valence electrons. The lowest BCUT2D eigenvalue weighted by molar-refractivity contribution is 0.669. The van der Waals surface area contributed by atoms with E-state index in [-0.39, 0.29) is 0 Å². The molecule has 0 radical (unpaired) electrons. The van der Waals surface area contributed by atoms with Gasteiger partial charge in [-0.15, -0.1) is 0 Å². The summed E-state index contributed by atoms with van der Waals surface area (Å²) in [6.45, 7) is 0. The van der Waals surface area contributed by atoms with E-state index in [0.717, 1.165) is 39.0 Å². The van der Waals surface area contributed by atoms with Gasteiger partial charge in [-0.05, 0) is 108 Å². The Balaban J connectivity index is 1.26. The largest absolute Gasteiger partial charge is 0.456 e. The topological polar surface area (TPSA) is 16.4 Å². The van der Waals surface area contributed by atoms with Gasteiger partial charge in [0.2, 0.25) is 0 Å². The van der Waals surface area contributed by atoms with Crippen LogP contribution in [0.15, 0.2) is 205 Å². The molecule has 11 aromatic rings. The molecule has 0 saturated heterocycles. The van der Waals surface area contributed by atoms with E-state index in [9.17, 15) is 0 Å². The van der Waals surface area contributed by atoms with Gasteiger partial charge in [0.05, 0.1) is 22.2 Å². The first-order chi connectivity index (χ1) is 28.3. The zero-order chi connectivity index (χ0) is 37.2. The summed E-state index contributed by atoms with van der Waals surface area (Å²) in [5.74, 6) is 0. The van der Waals surface area contributed by atoms with Crippen molar-refractivity contribution >= 4 is 71.3 Å². The smallest absolute Gasteiger partial charge is 0.137 e. The number of hydrogen-bond donors (Lipinski definition) is 0. The first kappa shape index (κ1) is 30.9. The molecule has 0 saturated carbocycles. The van der Waals surface area contributed by atoms with Gasteiger partial charge < -0.3 is 9.32 Å². The Labute approximate surface area is 329 Å². The molecule has 2 heteroatoms. The van der Waals surface area contributed by atoms with E-state index in [1.54, 1.807) is 0 Å². The maximum Gasteiger partial charge on any atom is 0.137 e. The SMILES string of the molecule is c1ccc(N(c2cc3c(c4ccccc24)-c2c(c4ccccc4c4ccccc24)C32c3ccccc3-c3ccccc32)c2cccc3oc4ccccc4c23)cc1. The van der Waals surface area contributed by atoms with Crippen molar-refractivity contribution in [3.8, 4) is 22.3 Å². The standard InChI is InChI=1S/C55H33NO/c1-2-17-34(18-3-1)56(47-30-16-32-50-52(47)43-27-12-15-31-49(43)57-50)48-33-46-51(41-25-8-6-23-39(41)48)53-40-24-7-4-19-35(40)36-20-5-9-26-42(36)54(53)55(46)44-28-13-10-21-37(44)38-22-11-14-29-45(38)55/h1-33H. The molecule has 57 heavy (non-hydrogen) atoms. The molecule has 0 unspecified atom stereocenters. The highest BCUT2D eigenvalue weighted by Crippen LogP contribution is 2.67. The normalized spacial score (nSPS) is 13.4. The molecule has 0 bridgehead atoms. The van der Waals surface area contributed by atoms with Gasteiger partial charge in [0.1, 0.15) is 11.2 Å². The minimum Gasteiger partial charge on any atom is -0.456 e. The van der Waals surface area contributed by atoms with Crippen LogP contribution in [0.5, 0.6) is 0 Å². The Morgan fingerprint density at radius 1 is 0.351 bits per heavy atom. The summed E-state index contributed by atoms with van der Waals surface area (Å²) >= 11 is 0. The molecule has 10 aromatic carbocycles. The van der Waals surface area contributed by atoms with Crippen LogP contribution in [-0.4, -0.2) is 0 Å². The summed E-state index contributed by atoms with van der Waals surface area (Å²) in [5.41, 5.74) is 15.1. The highest BCUT2D eigenvalue weighted by atomic mass is 16.3. The quantitative estimate of drug-likeness (QED) is 0.169. The molecule has 2 nitrogen and oxygen atoms in total. The molecule has 0 fully saturated rings. The number of anilines is 3. The van der Waals surface area contributed by atoms with Gasteiger partial charge in [0.25, 0.3) is 0 Å². The predicted molar refractivity (Wildman–Crippen MR) is 237 cm³/mol. The summed E-state index contributed by atoms with van der Waals surface area (Å²) in [4.78, 5) is 2.48. The van der Waals surface area contributed by atoms with Gasteiger partial charge in [0.15, 0.2) is 0 Å². The van der Waals surface area contributed by atoms with E-state index in [1.165, 1.54) is 76.8 Å². The molecule has 2 aliphatic rings. The maximum absolute atomic E-state index is 6.53. The summed E-state index contributed by atoms with van der Waals surface area (Å²) in [6, 6.07) is 73.8. The Morgan fingerprint density at radius 2 is 0.877 bits per heavy atom. The summed E-state index contributed by atoms with van der Waals surface area (Å²) < 4.78 is 6.53. The molecule has 0 N–H and O–H groups in total. The van der Waals surface area contributed by atoms with Crippen LogP contribution in [0.3, 0.4) is 0 Å². The van der Waals surface area contributed by atoms with Crippen LogP contribution in [0.1, 0.15) is 22.3 Å². The first-order valence-electron chi connectivity index (χ1n) is 19.8. The average molecular weight is 724 g/mol. The number of hydrogen-bond acceptors (Lipinski definition) is 2. The number of furan rings is 1. The van der Waals surface area contributed by atoms with Crippen molar-refractivity contribution in [2.45, 2.75) is 5.41 Å². The number of para-hydroxylation sites is 2. The number of rotatable bonds is 3. The van der Waals surface area contributed by atoms with Gasteiger partial charge in [-0.2, -0.15) is 0 Å². The number of nitrogens with zero attached hydrogens (tertiary/aromatic N) is 1. The van der Waals surface area contributed by atoms with Crippen molar-refractivity contribution in [3.63, 3.8) is 0 Å². The average Bonchev–Trinajstić information content (AvgIpc) is 3.92. The lowest BCUT2D eigenvalue weighted by atomic mass is 9.69. The van der Waals surface area contributed by atoms with Crippen molar-refractivity contribution in [2.75, 3.05) is 4.90 Å². The minimum absolute atomic E-state index is 0.572. The molecule has 2 aliphatic carbocycles. The third kappa shape index (κ3) is 3.89. The van der Waals surface area contributed by atoms with E-state index in [4.69, 9.17) is 4.42 Å². The fourth-order valence-electron chi connectivity index (χ4n) is 10.8. The second-order valence-corrected chi connectivity index (χ2v) is 15.5. The van der Waals surface area contributed by atoms with E-state index in [2.05, 4.69) is 205 Å². The molecule has 0 aliphatic heterocycles. The second kappa shape index (κ2) is 11.3. The Morgan fingerprint density at radius 3 is 1.60 bits per heavy atom. The molecule has 1 aromatic heterocycles. The van der Waals surface area contributed by atoms with Gasteiger partial charge in [-0.25, -0.2) is 0 Å². The lowest BCUT2D eigenvalue weighted by Gasteiger charge is -2.33. The molecular weight excluding hydrogens is 691 g/mol. The van der Waals surface area contributed by atoms with Crippen LogP contribution >= 0.6 is 0 Å². The van der Waals surface area contributed by atoms with E-state index >= 15 is 0 Å². The molecule has 0 atom stereocenters. The first-order valence-corrected chi connectivity index (χ1v) is 19.8. The molecule has 0 amide bonds. The monoisotopic (exact) mass is 723 g/mol. The van der Waals surface area contributed by atoms with Gasteiger partial charge in [-0.1, -0.05) is 164 Å². The van der Waals surface area contributed by atoms with Crippen LogP contribution in [0, 0.1) is 0 Å². The Bertz CT molecular complexity index is 3440. The van der Waals surface area contributed by atoms with Crippen molar-refractivity contribution in [2.24, 2.45) is 0 Å². The van der Waals surface area contributed by atoms with Crippen LogP contribution in [0.25, 0.3) is 76.5 Å². The van der Waals surface area contributed by atoms with Crippen molar-refractivity contribution < 1.29 is 4.42 Å². The Hall–Kier alpha value is -7.42. The highest BCUT2D eigenvalue weighted by Gasteiger charge is 2.54.